The van der Waals surface area contributed by atoms with Crippen molar-refractivity contribution in [3.63, 3.8) is 0 Å². The van der Waals surface area contributed by atoms with Crippen LogP contribution in [0.1, 0.15) is 17.3 Å². The summed E-state index contributed by atoms with van der Waals surface area (Å²) < 4.78 is 5.17. The van der Waals surface area contributed by atoms with Crippen molar-refractivity contribution in [2.24, 2.45) is 0 Å². The summed E-state index contributed by atoms with van der Waals surface area (Å²) in [5.41, 5.74) is 10.7. The lowest BCUT2D eigenvalue weighted by Crippen LogP contribution is -2.06. The Balaban J connectivity index is 2.21. The summed E-state index contributed by atoms with van der Waals surface area (Å²) in [5, 5.41) is 1.26. The molecule has 0 amide bonds. The van der Waals surface area contributed by atoms with Crippen LogP contribution in [0.5, 0.6) is 0 Å². The molecule has 26 heavy (non-hydrogen) atoms. The molecule has 3 nitrogen and oxygen atoms in total. The van der Waals surface area contributed by atoms with Crippen LogP contribution in [0.2, 0.25) is 10.0 Å². The Morgan fingerprint density at radius 1 is 0.885 bits per heavy atom. The van der Waals surface area contributed by atoms with Gasteiger partial charge in [-0.1, -0.05) is 47.5 Å². The monoisotopic (exact) mass is 385 g/mol. The number of carbonyl (C=O) groups excluding carboxylic acids is 1. The molecule has 0 atom stereocenters. The van der Waals surface area contributed by atoms with Crippen LogP contribution in [0.3, 0.4) is 0 Å². The average molecular weight is 386 g/mol. The molecule has 0 fully saturated rings. The molecule has 2 N–H and O–H groups in total. The van der Waals surface area contributed by atoms with Crippen LogP contribution < -0.4 is 5.73 Å². The van der Waals surface area contributed by atoms with E-state index >= 15 is 0 Å². The maximum absolute atomic E-state index is 12.3. The van der Waals surface area contributed by atoms with E-state index in [4.69, 9.17) is 33.7 Å². The van der Waals surface area contributed by atoms with Crippen LogP contribution in [0.25, 0.3) is 22.3 Å². The zero-order chi connectivity index (χ0) is 18.7. The van der Waals surface area contributed by atoms with Crippen LogP contribution in [-0.2, 0) is 4.74 Å². The van der Waals surface area contributed by atoms with E-state index in [1.807, 2.05) is 24.3 Å². The number of halogens is 2. The van der Waals surface area contributed by atoms with Gasteiger partial charge in [-0.3, -0.25) is 0 Å². The van der Waals surface area contributed by atoms with Crippen molar-refractivity contribution in [3.8, 4) is 22.3 Å². The molecule has 0 saturated carbocycles. The van der Waals surface area contributed by atoms with E-state index in [1.54, 1.807) is 43.3 Å². The van der Waals surface area contributed by atoms with Gasteiger partial charge in [0.25, 0.3) is 0 Å². The van der Waals surface area contributed by atoms with Crippen LogP contribution in [0, 0.1) is 0 Å². The van der Waals surface area contributed by atoms with Crippen molar-refractivity contribution in [2.75, 3.05) is 12.3 Å². The minimum absolute atomic E-state index is 0.301. The molecule has 3 rings (SSSR count). The Hall–Kier alpha value is -2.49. The summed E-state index contributed by atoms with van der Waals surface area (Å²) >= 11 is 12.0. The van der Waals surface area contributed by atoms with Gasteiger partial charge in [-0.05, 0) is 54.4 Å². The Morgan fingerprint density at radius 2 is 1.31 bits per heavy atom. The Bertz CT molecular complexity index is 869. The van der Waals surface area contributed by atoms with Gasteiger partial charge < -0.3 is 10.5 Å². The predicted molar refractivity (Wildman–Crippen MR) is 108 cm³/mol. The molecule has 0 aliphatic rings. The second kappa shape index (κ2) is 7.81. The number of benzene rings is 3. The topological polar surface area (TPSA) is 52.3 Å². The third kappa shape index (κ3) is 3.85. The van der Waals surface area contributed by atoms with E-state index in [0.29, 0.717) is 27.9 Å². The highest BCUT2D eigenvalue weighted by molar-refractivity contribution is 6.31. The van der Waals surface area contributed by atoms with Gasteiger partial charge in [0, 0.05) is 26.9 Å². The molecule has 132 valence electrons. The Kier molecular flexibility index (Phi) is 5.50. The third-order valence-electron chi connectivity index (χ3n) is 4.00. The number of rotatable bonds is 4. The van der Waals surface area contributed by atoms with Gasteiger partial charge in [0.15, 0.2) is 0 Å². The summed E-state index contributed by atoms with van der Waals surface area (Å²) in [5.74, 6) is -0.391. The quantitative estimate of drug-likeness (QED) is 0.436. The average Bonchev–Trinajstić information content (AvgIpc) is 2.64. The largest absolute Gasteiger partial charge is 0.462 e. The van der Waals surface area contributed by atoms with Gasteiger partial charge >= 0.3 is 5.97 Å². The highest BCUT2D eigenvalue weighted by Gasteiger charge is 2.16. The molecule has 0 bridgehead atoms. The molecular weight excluding hydrogens is 369 g/mol. The first-order valence-corrected chi connectivity index (χ1v) is 8.87. The highest BCUT2D eigenvalue weighted by atomic mass is 35.5. The van der Waals surface area contributed by atoms with Crippen LogP contribution in [0.15, 0.2) is 60.7 Å². The van der Waals surface area contributed by atoms with E-state index in [-0.39, 0.29) is 0 Å². The summed E-state index contributed by atoms with van der Waals surface area (Å²) in [7, 11) is 0. The maximum atomic E-state index is 12.3. The number of nitrogen functional groups attached to an aromatic ring is 1. The number of carbonyl (C=O) groups is 1. The van der Waals surface area contributed by atoms with E-state index < -0.39 is 5.97 Å². The molecule has 3 aromatic carbocycles. The Labute approximate surface area is 162 Å². The molecule has 0 saturated heterocycles. The lowest BCUT2D eigenvalue weighted by Gasteiger charge is -2.15. The van der Waals surface area contributed by atoms with Crippen molar-refractivity contribution < 1.29 is 9.53 Å². The fourth-order valence-corrected chi connectivity index (χ4v) is 2.97. The molecule has 0 aliphatic heterocycles. The normalized spacial score (nSPS) is 10.6. The van der Waals surface area contributed by atoms with E-state index in [2.05, 4.69) is 0 Å². The zero-order valence-corrected chi connectivity index (χ0v) is 15.6. The molecule has 0 aliphatic carbocycles. The molecule has 0 radical (unpaired) electrons. The number of hydrogen-bond acceptors (Lipinski definition) is 3. The fraction of sp³-hybridized carbons (Fsp3) is 0.0952. The second-order valence-corrected chi connectivity index (χ2v) is 6.59. The van der Waals surface area contributed by atoms with Crippen LogP contribution in [0.4, 0.5) is 5.69 Å². The molecule has 0 heterocycles. The van der Waals surface area contributed by atoms with Crippen molar-refractivity contribution >= 4 is 34.9 Å². The standard InChI is InChI=1S/C21H17Cl2NO2/c1-2-26-21(25)15-11-18(13-3-7-16(22)8-4-13)20(24)19(12-15)14-5-9-17(23)10-6-14/h3-12H,2,24H2,1H3. The van der Waals surface area contributed by atoms with Gasteiger partial charge in [-0.15, -0.1) is 0 Å². The van der Waals surface area contributed by atoms with Crippen molar-refractivity contribution in [1.29, 1.82) is 0 Å². The SMILES string of the molecule is CCOC(=O)c1cc(-c2ccc(Cl)cc2)c(N)c(-c2ccc(Cl)cc2)c1. The van der Waals surface area contributed by atoms with E-state index in [0.717, 1.165) is 22.3 Å². The van der Waals surface area contributed by atoms with Crippen LogP contribution in [-0.4, -0.2) is 12.6 Å². The molecule has 3 aromatic rings. The number of ether oxygens (including phenoxy) is 1. The molecular formula is C21H17Cl2NO2. The van der Waals surface area contributed by atoms with Gasteiger partial charge in [-0.25, -0.2) is 4.79 Å². The summed E-state index contributed by atoms with van der Waals surface area (Å²) in [6.07, 6.45) is 0. The fourth-order valence-electron chi connectivity index (χ4n) is 2.72. The lowest BCUT2D eigenvalue weighted by molar-refractivity contribution is 0.0526. The van der Waals surface area contributed by atoms with Crippen molar-refractivity contribution in [1.82, 2.24) is 0 Å². The number of hydrogen-bond donors (Lipinski definition) is 1. The first-order chi connectivity index (χ1) is 12.5. The highest BCUT2D eigenvalue weighted by Crippen LogP contribution is 2.37. The Morgan fingerprint density at radius 3 is 1.69 bits per heavy atom. The molecule has 5 heteroatoms. The van der Waals surface area contributed by atoms with Crippen molar-refractivity contribution in [2.45, 2.75) is 6.92 Å². The van der Waals surface area contributed by atoms with E-state index in [1.165, 1.54) is 0 Å². The second-order valence-electron chi connectivity index (χ2n) is 5.72. The number of esters is 1. The predicted octanol–water partition coefficient (Wildman–Crippen LogP) is 6.09. The summed E-state index contributed by atoms with van der Waals surface area (Å²) in [6.45, 7) is 2.07. The first kappa shape index (κ1) is 18.3. The van der Waals surface area contributed by atoms with Gasteiger partial charge in [0.05, 0.1) is 12.2 Å². The minimum atomic E-state index is -0.391. The molecule has 0 aromatic heterocycles. The number of anilines is 1. The van der Waals surface area contributed by atoms with Crippen LogP contribution >= 0.6 is 23.2 Å². The number of nitrogens with two attached hydrogens (primary N) is 1. The van der Waals surface area contributed by atoms with Gasteiger partial charge in [-0.2, -0.15) is 0 Å². The summed E-state index contributed by atoms with van der Waals surface area (Å²) in [6, 6.07) is 18.1. The van der Waals surface area contributed by atoms with Crippen molar-refractivity contribution in [3.05, 3.63) is 76.3 Å². The lowest BCUT2D eigenvalue weighted by atomic mass is 9.93. The van der Waals surface area contributed by atoms with E-state index in [9.17, 15) is 4.79 Å². The first-order valence-electron chi connectivity index (χ1n) is 8.12. The molecule has 0 unspecified atom stereocenters. The maximum Gasteiger partial charge on any atom is 0.338 e. The zero-order valence-electron chi connectivity index (χ0n) is 14.1. The van der Waals surface area contributed by atoms with Gasteiger partial charge in [0.1, 0.15) is 0 Å². The smallest absolute Gasteiger partial charge is 0.338 e. The molecule has 0 spiro atoms. The van der Waals surface area contributed by atoms with Gasteiger partial charge in [0.2, 0.25) is 0 Å². The third-order valence-corrected chi connectivity index (χ3v) is 4.51. The minimum Gasteiger partial charge on any atom is -0.462 e. The summed E-state index contributed by atoms with van der Waals surface area (Å²) in [4.78, 5) is 12.3.